The van der Waals surface area contributed by atoms with Crippen LogP contribution in [-0.2, 0) is 0 Å². The van der Waals surface area contributed by atoms with Crippen LogP contribution >= 0.6 is 24.2 Å². The molecule has 1 aromatic carbocycles. The fourth-order valence-corrected chi connectivity index (χ4v) is 1.69. The normalized spacial score (nSPS) is 13.0. The molecule has 2 rings (SSSR count). The van der Waals surface area contributed by atoms with Crippen LogP contribution in [0.5, 0.6) is 0 Å². The van der Waals surface area contributed by atoms with E-state index in [1.54, 1.807) is 11.9 Å². The fraction of sp³-hybridized carbons (Fsp3) is 0. The molecule has 1 heterocycles. The number of hydrogen-bond donors (Lipinski definition) is 2. The molecule has 1 aliphatic rings. The Labute approximate surface area is 79.4 Å². The van der Waals surface area contributed by atoms with E-state index < -0.39 is 0 Å². The lowest BCUT2D eigenvalue weighted by molar-refractivity contribution is 1.25. The van der Waals surface area contributed by atoms with E-state index in [-0.39, 0.29) is 0 Å². The molecule has 0 radical (unpaired) electrons. The number of isothiocyanates is 1. The molecule has 5 heteroatoms. The Bertz CT molecular complexity index is 358. The smallest absolute Gasteiger partial charge is 0.0761 e. The molecule has 0 bridgehead atoms. The molecule has 0 saturated carbocycles. The first-order chi connectivity index (χ1) is 5.90. The van der Waals surface area contributed by atoms with Gasteiger partial charge in [-0.1, -0.05) is 0 Å². The highest BCUT2D eigenvalue weighted by molar-refractivity contribution is 7.98. The van der Waals surface area contributed by atoms with Crippen molar-refractivity contribution in [2.24, 2.45) is 4.99 Å². The fourth-order valence-electron chi connectivity index (χ4n) is 0.962. The number of rotatable bonds is 1. The van der Waals surface area contributed by atoms with E-state index in [4.69, 9.17) is 0 Å². The van der Waals surface area contributed by atoms with Gasteiger partial charge in [-0.15, -0.1) is 0 Å². The molecule has 3 nitrogen and oxygen atoms in total. The molecule has 0 aromatic heterocycles. The summed E-state index contributed by atoms with van der Waals surface area (Å²) < 4.78 is 0. The van der Waals surface area contributed by atoms with Crippen LogP contribution in [0.3, 0.4) is 0 Å². The number of nitrogens with zero attached hydrogens (tertiary/aromatic N) is 1. The number of fused-ring (bicyclic) bond motifs is 1. The van der Waals surface area contributed by atoms with Gasteiger partial charge in [0.2, 0.25) is 0 Å². The Morgan fingerprint density at radius 1 is 1.50 bits per heavy atom. The quantitative estimate of drug-likeness (QED) is 0.410. The van der Waals surface area contributed by atoms with Gasteiger partial charge in [-0.3, -0.25) is 0 Å². The summed E-state index contributed by atoms with van der Waals surface area (Å²) in [5, 5.41) is 2.33. The molecule has 0 fully saturated rings. The van der Waals surface area contributed by atoms with Gasteiger partial charge in [-0.05, 0) is 42.4 Å². The molecule has 2 N–H and O–H groups in total. The SMILES string of the molecule is S=C=Nc1ccc2c(c1)NNS2. The van der Waals surface area contributed by atoms with Crippen molar-refractivity contribution in [1.82, 2.24) is 4.83 Å². The minimum atomic E-state index is 0.820. The van der Waals surface area contributed by atoms with E-state index >= 15 is 0 Å². The topological polar surface area (TPSA) is 36.4 Å². The zero-order chi connectivity index (χ0) is 8.39. The van der Waals surface area contributed by atoms with Gasteiger partial charge in [0, 0.05) is 4.90 Å². The second-order valence-electron chi connectivity index (χ2n) is 2.21. The largest absolute Gasteiger partial charge is 0.310 e. The predicted octanol–water partition coefficient (Wildman–Crippen LogP) is 2.36. The summed E-state index contributed by atoms with van der Waals surface area (Å²) in [6.07, 6.45) is 0. The van der Waals surface area contributed by atoms with Crippen molar-refractivity contribution in [2.75, 3.05) is 5.43 Å². The Morgan fingerprint density at radius 2 is 2.42 bits per heavy atom. The third-order valence-corrected chi connectivity index (χ3v) is 2.36. The van der Waals surface area contributed by atoms with Crippen LogP contribution in [-0.4, -0.2) is 5.16 Å². The number of benzene rings is 1. The molecule has 0 saturated heterocycles. The highest BCUT2D eigenvalue weighted by Crippen LogP contribution is 2.32. The van der Waals surface area contributed by atoms with Gasteiger partial charge in [0.05, 0.1) is 16.5 Å². The van der Waals surface area contributed by atoms with Gasteiger partial charge < -0.3 is 5.43 Å². The van der Waals surface area contributed by atoms with Crippen molar-refractivity contribution >= 4 is 40.7 Å². The Morgan fingerprint density at radius 3 is 3.25 bits per heavy atom. The van der Waals surface area contributed by atoms with Crippen LogP contribution in [0, 0.1) is 0 Å². The monoisotopic (exact) mass is 195 g/mol. The van der Waals surface area contributed by atoms with Crippen molar-refractivity contribution in [2.45, 2.75) is 4.90 Å². The van der Waals surface area contributed by atoms with Crippen molar-refractivity contribution < 1.29 is 0 Å². The van der Waals surface area contributed by atoms with Gasteiger partial charge in [0.25, 0.3) is 0 Å². The molecule has 12 heavy (non-hydrogen) atoms. The molecule has 0 unspecified atom stereocenters. The first kappa shape index (κ1) is 7.76. The molecule has 1 aliphatic heterocycles. The molecule has 0 amide bonds. The van der Waals surface area contributed by atoms with E-state index in [2.05, 4.69) is 32.6 Å². The number of hydrogen-bond acceptors (Lipinski definition) is 5. The van der Waals surface area contributed by atoms with Crippen molar-refractivity contribution in [3.05, 3.63) is 18.2 Å². The summed E-state index contributed by atoms with van der Waals surface area (Å²) in [4.78, 5) is 7.97. The van der Waals surface area contributed by atoms with Crippen LogP contribution in [0.15, 0.2) is 28.1 Å². The maximum absolute atomic E-state index is 4.50. The van der Waals surface area contributed by atoms with Crippen LogP contribution in [0.25, 0.3) is 0 Å². The second-order valence-corrected chi connectivity index (χ2v) is 3.24. The van der Waals surface area contributed by atoms with Gasteiger partial charge in [-0.2, -0.15) is 9.82 Å². The Balaban J connectivity index is 2.45. The average Bonchev–Trinajstić information content (AvgIpc) is 2.51. The first-order valence-corrected chi connectivity index (χ1v) is 4.52. The lowest BCUT2D eigenvalue weighted by Gasteiger charge is -1.96. The lowest BCUT2D eigenvalue weighted by Crippen LogP contribution is -2.04. The minimum Gasteiger partial charge on any atom is -0.310 e. The molecule has 0 spiro atoms. The van der Waals surface area contributed by atoms with Gasteiger partial charge in [-0.25, -0.2) is 0 Å². The van der Waals surface area contributed by atoms with Gasteiger partial charge in [0.1, 0.15) is 0 Å². The van der Waals surface area contributed by atoms with E-state index in [0.717, 1.165) is 11.4 Å². The van der Waals surface area contributed by atoms with Gasteiger partial charge >= 0.3 is 0 Å². The molecule has 60 valence electrons. The zero-order valence-electron chi connectivity index (χ0n) is 6.00. The number of hydrazine groups is 1. The minimum absolute atomic E-state index is 0.820. The van der Waals surface area contributed by atoms with E-state index in [1.807, 2.05) is 18.2 Å². The van der Waals surface area contributed by atoms with Crippen molar-refractivity contribution in [3.63, 3.8) is 0 Å². The maximum atomic E-state index is 4.50. The maximum Gasteiger partial charge on any atom is 0.0761 e. The summed E-state index contributed by atoms with van der Waals surface area (Å²) in [7, 11) is 0. The number of thiocarbonyl (C=S) groups is 1. The summed E-state index contributed by atoms with van der Waals surface area (Å²) in [6.45, 7) is 0. The second kappa shape index (κ2) is 3.25. The van der Waals surface area contributed by atoms with E-state index in [1.165, 1.54) is 4.90 Å². The Kier molecular flexibility index (Phi) is 2.10. The highest BCUT2D eigenvalue weighted by Gasteiger charge is 2.09. The van der Waals surface area contributed by atoms with E-state index in [9.17, 15) is 0 Å². The molecule has 1 aromatic rings. The zero-order valence-corrected chi connectivity index (χ0v) is 7.63. The summed E-state index contributed by atoms with van der Waals surface area (Å²) in [5.41, 5.74) is 4.84. The standard InChI is InChI=1S/C7H5N3S2/c11-4-8-5-1-2-7-6(3-5)9-10-12-7/h1-3,9-10H. The lowest BCUT2D eigenvalue weighted by atomic mass is 10.3. The third-order valence-electron chi connectivity index (χ3n) is 1.48. The average molecular weight is 195 g/mol. The van der Waals surface area contributed by atoms with Crippen LogP contribution in [0.2, 0.25) is 0 Å². The first-order valence-electron chi connectivity index (χ1n) is 3.30. The van der Waals surface area contributed by atoms with Crippen LogP contribution in [0.1, 0.15) is 0 Å². The Hall–Kier alpha value is -0.870. The number of aliphatic imine (C=N–C) groups is 1. The van der Waals surface area contributed by atoms with Crippen molar-refractivity contribution in [3.8, 4) is 0 Å². The van der Waals surface area contributed by atoms with Crippen molar-refractivity contribution in [1.29, 1.82) is 0 Å². The summed E-state index contributed by atoms with van der Waals surface area (Å²) in [5.74, 6) is 0. The molecular weight excluding hydrogens is 190 g/mol. The van der Waals surface area contributed by atoms with Crippen LogP contribution in [0.4, 0.5) is 11.4 Å². The number of anilines is 1. The highest BCUT2D eigenvalue weighted by atomic mass is 32.2. The third kappa shape index (κ3) is 1.35. The molecular formula is C7H5N3S2. The predicted molar refractivity (Wildman–Crippen MR) is 53.7 cm³/mol. The van der Waals surface area contributed by atoms with Crippen LogP contribution < -0.4 is 10.3 Å². The summed E-state index contributed by atoms with van der Waals surface area (Å²) >= 11 is 6.05. The number of nitrogens with one attached hydrogen (secondary N) is 2. The molecule has 0 atom stereocenters. The van der Waals surface area contributed by atoms with E-state index in [0.29, 0.717) is 0 Å². The molecule has 0 aliphatic carbocycles. The summed E-state index contributed by atoms with van der Waals surface area (Å²) in [6, 6.07) is 5.81. The van der Waals surface area contributed by atoms with Gasteiger partial charge in [0.15, 0.2) is 0 Å².